The highest BCUT2D eigenvalue weighted by molar-refractivity contribution is 7.07. The average Bonchev–Trinajstić information content (AvgIpc) is 3.21. The number of fused-ring (bicyclic) bond motifs is 1. The monoisotopic (exact) mass is 304 g/mol. The van der Waals surface area contributed by atoms with E-state index in [4.69, 9.17) is 4.74 Å². The van der Waals surface area contributed by atoms with Gasteiger partial charge in [-0.05, 0) is 35.2 Å². The number of hydrogen-bond donors (Lipinski definition) is 0. The lowest BCUT2D eigenvalue weighted by Gasteiger charge is -2.19. The first-order valence-electron chi connectivity index (χ1n) is 7.67. The molecule has 0 bridgehead atoms. The van der Waals surface area contributed by atoms with Crippen LogP contribution in [0.5, 0.6) is 0 Å². The lowest BCUT2D eigenvalue weighted by atomic mass is 10.2. The summed E-state index contributed by atoms with van der Waals surface area (Å²) in [6.45, 7) is 4.98. The van der Waals surface area contributed by atoms with Crippen molar-refractivity contribution in [1.82, 2.24) is 19.7 Å². The first-order chi connectivity index (χ1) is 10.4. The quantitative estimate of drug-likeness (QED) is 0.872. The van der Waals surface area contributed by atoms with Crippen molar-refractivity contribution in [3.05, 3.63) is 34.0 Å². The molecule has 2 aromatic heterocycles. The largest absolute Gasteiger partial charge is 0.370 e. The molecule has 112 valence electrons. The molecule has 21 heavy (non-hydrogen) atoms. The Morgan fingerprint density at radius 1 is 1.29 bits per heavy atom. The van der Waals surface area contributed by atoms with Gasteiger partial charge in [0.15, 0.2) is 5.82 Å². The molecule has 0 aromatic carbocycles. The Hall–Kier alpha value is -1.24. The van der Waals surface area contributed by atoms with Gasteiger partial charge in [0.1, 0.15) is 11.9 Å². The molecule has 2 aromatic rings. The molecule has 1 atom stereocenters. The summed E-state index contributed by atoms with van der Waals surface area (Å²) in [5.74, 6) is 2.16. The van der Waals surface area contributed by atoms with Crippen molar-refractivity contribution in [2.24, 2.45) is 0 Å². The number of nitrogens with zero attached hydrogens (tertiary/aromatic N) is 4. The maximum absolute atomic E-state index is 5.78. The maximum atomic E-state index is 5.78. The van der Waals surface area contributed by atoms with Gasteiger partial charge in [0, 0.05) is 39.2 Å². The summed E-state index contributed by atoms with van der Waals surface area (Å²) in [5, 5.41) is 13.2. The maximum Gasteiger partial charge on any atom is 0.162 e. The Kier molecular flexibility index (Phi) is 3.75. The Bertz CT molecular complexity index is 589. The smallest absolute Gasteiger partial charge is 0.162 e. The van der Waals surface area contributed by atoms with Crippen LogP contribution in [0, 0.1) is 0 Å². The minimum atomic E-state index is 0.162. The van der Waals surface area contributed by atoms with Gasteiger partial charge in [0.25, 0.3) is 0 Å². The molecular weight excluding hydrogens is 284 g/mol. The zero-order valence-corrected chi connectivity index (χ0v) is 12.9. The van der Waals surface area contributed by atoms with E-state index in [-0.39, 0.29) is 6.10 Å². The van der Waals surface area contributed by atoms with Crippen LogP contribution in [0.25, 0.3) is 0 Å². The van der Waals surface area contributed by atoms with E-state index in [1.807, 2.05) is 0 Å². The Morgan fingerprint density at radius 2 is 2.29 bits per heavy atom. The molecule has 0 N–H and O–H groups in total. The molecule has 1 saturated heterocycles. The number of ether oxygens (including phenoxy) is 1. The predicted molar refractivity (Wildman–Crippen MR) is 81.2 cm³/mol. The molecule has 0 spiro atoms. The number of thiophene rings is 1. The molecule has 0 saturated carbocycles. The Balaban J connectivity index is 1.47. The molecule has 4 heterocycles. The topological polar surface area (TPSA) is 43.2 Å². The molecule has 6 heteroatoms. The Morgan fingerprint density at radius 3 is 3.10 bits per heavy atom. The van der Waals surface area contributed by atoms with Crippen LogP contribution in [-0.4, -0.2) is 39.4 Å². The molecule has 0 radical (unpaired) electrons. The van der Waals surface area contributed by atoms with Gasteiger partial charge in [0.2, 0.25) is 0 Å². The van der Waals surface area contributed by atoms with E-state index in [9.17, 15) is 0 Å². The van der Waals surface area contributed by atoms with Crippen molar-refractivity contribution in [3.63, 3.8) is 0 Å². The SMILES string of the molecule is c1cc(CN2CCc3nnc(C4CCCO4)n3CC2)cs1. The molecule has 1 fully saturated rings. The van der Waals surface area contributed by atoms with Crippen LogP contribution < -0.4 is 0 Å². The second kappa shape index (κ2) is 5.87. The first-order valence-corrected chi connectivity index (χ1v) is 8.61. The molecule has 2 aliphatic rings. The standard InChI is InChI=1S/C15H20N4OS/c1-2-13(20-8-1)15-17-16-14-3-5-18(6-7-19(14)15)10-12-4-9-21-11-12/h4,9,11,13H,1-3,5-8,10H2. The summed E-state index contributed by atoms with van der Waals surface area (Å²) in [4.78, 5) is 2.51. The van der Waals surface area contributed by atoms with Crippen LogP contribution in [-0.2, 0) is 24.2 Å². The first kappa shape index (κ1) is 13.4. The fourth-order valence-corrected chi connectivity index (χ4v) is 3.87. The third-order valence-electron chi connectivity index (χ3n) is 4.35. The van der Waals surface area contributed by atoms with Gasteiger partial charge in [-0.15, -0.1) is 10.2 Å². The molecule has 0 amide bonds. The van der Waals surface area contributed by atoms with Crippen molar-refractivity contribution in [3.8, 4) is 0 Å². The van der Waals surface area contributed by atoms with E-state index in [2.05, 4.69) is 36.5 Å². The lowest BCUT2D eigenvalue weighted by Crippen LogP contribution is -2.26. The van der Waals surface area contributed by atoms with Gasteiger partial charge >= 0.3 is 0 Å². The van der Waals surface area contributed by atoms with E-state index in [1.165, 1.54) is 5.56 Å². The van der Waals surface area contributed by atoms with Crippen molar-refractivity contribution in [2.75, 3.05) is 19.7 Å². The van der Waals surface area contributed by atoms with Crippen LogP contribution in [0.3, 0.4) is 0 Å². The summed E-state index contributed by atoms with van der Waals surface area (Å²) < 4.78 is 8.08. The highest BCUT2D eigenvalue weighted by Crippen LogP contribution is 2.28. The van der Waals surface area contributed by atoms with Crippen LogP contribution in [0.2, 0.25) is 0 Å². The van der Waals surface area contributed by atoms with Gasteiger partial charge < -0.3 is 9.30 Å². The molecule has 0 aliphatic carbocycles. The van der Waals surface area contributed by atoms with E-state index in [0.717, 1.165) is 63.7 Å². The minimum absolute atomic E-state index is 0.162. The van der Waals surface area contributed by atoms with E-state index in [1.54, 1.807) is 11.3 Å². The van der Waals surface area contributed by atoms with E-state index in [0.29, 0.717) is 0 Å². The van der Waals surface area contributed by atoms with Gasteiger partial charge in [-0.25, -0.2) is 0 Å². The number of aromatic nitrogens is 3. The van der Waals surface area contributed by atoms with Crippen molar-refractivity contribution in [2.45, 2.75) is 38.5 Å². The van der Waals surface area contributed by atoms with Crippen LogP contribution in [0.15, 0.2) is 16.8 Å². The van der Waals surface area contributed by atoms with Crippen molar-refractivity contribution >= 4 is 11.3 Å². The van der Waals surface area contributed by atoms with E-state index >= 15 is 0 Å². The third kappa shape index (κ3) is 2.75. The summed E-state index contributed by atoms with van der Waals surface area (Å²) in [6, 6.07) is 2.22. The lowest BCUT2D eigenvalue weighted by molar-refractivity contribution is 0.101. The molecule has 4 rings (SSSR count). The average molecular weight is 304 g/mol. The molecule has 2 aliphatic heterocycles. The minimum Gasteiger partial charge on any atom is -0.370 e. The van der Waals surface area contributed by atoms with Crippen LogP contribution in [0.1, 0.15) is 36.2 Å². The van der Waals surface area contributed by atoms with Gasteiger partial charge in [-0.3, -0.25) is 4.90 Å². The fourth-order valence-electron chi connectivity index (χ4n) is 3.21. The highest BCUT2D eigenvalue weighted by Gasteiger charge is 2.26. The van der Waals surface area contributed by atoms with Crippen LogP contribution >= 0.6 is 11.3 Å². The molecule has 5 nitrogen and oxygen atoms in total. The number of rotatable bonds is 3. The third-order valence-corrected chi connectivity index (χ3v) is 5.08. The fraction of sp³-hybridized carbons (Fsp3) is 0.600. The summed E-state index contributed by atoms with van der Waals surface area (Å²) in [6.07, 6.45) is 3.35. The van der Waals surface area contributed by atoms with Gasteiger partial charge in [-0.1, -0.05) is 0 Å². The van der Waals surface area contributed by atoms with E-state index < -0.39 is 0 Å². The second-order valence-electron chi connectivity index (χ2n) is 5.79. The summed E-state index contributed by atoms with van der Waals surface area (Å²) in [5.41, 5.74) is 1.41. The normalized spacial score (nSPS) is 23.1. The zero-order valence-electron chi connectivity index (χ0n) is 12.1. The molecule has 1 unspecified atom stereocenters. The number of hydrogen-bond acceptors (Lipinski definition) is 5. The van der Waals surface area contributed by atoms with Crippen molar-refractivity contribution in [1.29, 1.82) is 0 Å². The second-order valence-corrected chi connectivity index (χ2v) is 6.57. The summed E-state index contributed by atoms with van der Waals surface area (Å²) in [7, 11) is 0. The van der Waals surface area contributed by atoms with Crippen molar-refractivity contribution < 1.29 is 4.74 Å². The van der Waals surface area contributed by atoms with Crippen LogP contribution in [0.4, 0.5) is 0 Å². The van der Waals surface area contributed by atoms with Gasteiger partial charge in [0.05, 0.1) is 0 Å². The highest BCUT2D eigenvalue weighted by atomic mass is 32.1. The zero-order chi connectivity index (χ0) is 14.1. The predicted octanol–water partition coefficient (Wildman–Crippen LogP) is 2.25. The van der Waals surface area contributed by atoms with Gasteiger partial charge in [-0.2, -0.15) is 11.3 Å². The summed E-state index contributed by atoms with van der Waals surface area (Å²) >= 11 is 1.77. The molecular formula is C15H20N4OS. The Labute approximate surface area is 128 Å².